The summed E-state index contributed by atoms with van der Waals surface area (Å²) < 4.78 is 65.8. The lowest BCUT2D eigenvalue weighted by atomic mass is 9.98. The maximum atomic E-state index is 13.4. The summed E-state index contributed by atoms with van der Waals surface area (Å²) in [5, 5.41) is 1.81. The molecule has 0 aliphatic carbocycles. The number of amides is 1. The third kappa shape index (κ3) is 3.71. The molecule has 0 radical (unpaired) electrons. The minimum atomic E-state index is -2.25. The third-order valence-electron chi connectivity index (χ3n) is 3.23. The van der Waals surface area contributed by atoms with E-state index in [1.807, 2.05) is 12.2 Å². The number of hydrogen-bond acceptors (Lipinski definition) is 1. The van der Waals surface area contributed by atoms with E-state index >= 15 is 0 Å². The summed E-state index contributed by atoms with van der Waals surface area (Å²) >= 11 is 0. The topological polar surface area (TPSA) is 29.1 Å². The predicted octanol–water partition coefficient (Wildman–Crippen LogP) is 4.54. The van der Waals surface area contributed by atoms with Crippen LogP contribution in [-0.2, 0) is 4.79 Å². The maximum Gasteiger partial charge on any atom is 0.227 e. The Kier molecular flexibility index (Phi) is 6.11. The van der Waals surface area contributed by atoms with Crippen LogP contribution in [-0.4, -0.2) is 5.91 Å². The number of nitrogens with one attached hydrogen (secondary N) is 1. The summed E-state index contributed by atoms with van der Waals surface area (Å²) in [6, 6.07) is 0. The molecule has 0 saturated carbocycles. The van der Waals surface area contributed by atoms with Gasteiger partial charge in [0.1, 0.15) is 5.69 Å². The van der Waals surface area contributed by atoms with Crippen molar-refractivity contribution in [1.29, 1.82) is 0 Å². The molecule has 1 aromatic rings. The highest BCUT2D eigenvalue weighted by Gasteiger charge is 2.28. The Hall–Kier alpha value is -1.66. The number of benzene rings is 1. The first-order valence-electron chi connectivity index (χ1n) is 6.67. The maximum absolute atomic E-state index is 13.4. The molecule has 1 rings (SSSR count). The van der Waals surface area contributed by atoms with Crippen molar-refractivity contribution in [3.05, 3.63) is 29.1 Å². The average Bonchev–Trinajstić information content (AvgIpc) is 2.48. The van der Waals surface area contributed by atoms with Gasteiger partial charge < -0.3 is 5.32 Å². The second kappa shape index (κ2) is 7.38. The first-order valence-corrected chi connectivity index (χ1v) is 6.67. The van der Waals surface area contributed by atoms with Crippen molar-refractivity contribution < 1.29 is 26.7 Å². The van der Waals surface area contributed by atoms with E-state index in [1.54, 1.807) is 6.92 Å². The number of carbonyl (C=O) groups excluding carboxylic acids is 1. The van der Waals surface area contributed by atoms with Gasteiger partial charge in [-0.05, 0) is 12.8 Å². The third-order valence-corrected chi connectivity index (χ3v) is 3.23. The van der Waals surface area contributed by atoms with Crippen LogP contribution in [0, 0.1) is 35.0 Å². The highest BCUT2D eigenvalue weighted by atomic mass is 19.2. The fraction of sp³-hybridized carbons (Fsp3) is 0.500. The molecule has 1 aromatic carbocycles. The van der Waals surface area contributed by atoms with Crippen molar-refractivity contribution in [2.24, 2.45) is 5.92 Å². The normalized spacial score (nSPS) is 12.3. The zero-order chi connectivity index (χ0) is 16.2. The summed E-state index contributed by atoms with van der Waals surface area (Å²) in [5.74, 6) is -11.8. The molecule has 0 spiro atoms. The van der Waals surface area contributed by atoms with Gasteiger partial charge in [-0.2, -0.15) is 0 Å². The van der Waals surface area contributed by atoms with E-state index in [9.17, 15) is 26.7 Å². The molecule has 118 valence electrons. The Morgan fingerprint density at radius 3 is 1.86 bits per heavy atom. The summed E-state index contributed by atoms with van der Waals surface area (Å²) in [6.45, 7) is 3.62. The zero-order valence-corrected chi connectivity index (χ0v) is 11.7. The molecular weight excluding hydrogens is 293 g/mol. The van der Waals surface area contributed by atoms with Crippen molar-refractivity contribution in [2.45, 2.75) is 39.5 Å². The number of unbranched alkanes of at least 4 members (excludes halogenated alkanes) is 1. The second-order valence-electron chi connectivity index (χ2n) is 4.68. The highest BCUT2D eigenvalue weighted by molar-refractivity contribution is 5.92. The lowest BCUT2D eigenvalue weighted by Crippen LogP contribution is -2.24. The minimum Gasteiger partial charge on any atom is -0.321 e. The minimum absolute atomic E-state index is 0.404. The molecule has 0 bridgehead atoms. The lowest BCUT2D eigenvalue weighted by Gasteiger charge is -2.16. The Balaban J connectivity index is 3.05. The van der Waals surface area contributed by atoms with Gasteiger partial charge in [-0.15, -0.1) is 0 Å². The SMILES string of the molecule is CCCC[C@@H](CC)C(=O)Nc1c(F)c(F)c(F)c(F)c1F. The van der Waals surface area contributed by atoms with E-state index in [0.29, 0.717) is 12.8 Å². The van der Waals surface area contributed by atoms with Gasteiger partial charge in [0.05, 0.1) is 0 Å². The Morgan fingerprint density at radius 1 is 0.952 bits per heavy atom. The second-order valence-corrected chi connectivity index (χ2v) is 4.68. The summed E-state index contributed by atoms with van der Waals surface area (Å²) in [4.78, 5) is 11.9. The quantitative estimate of drug-likeness (QED) is 0.466. The van der Waals surface area contributed by atoms with E-state index in [1.165, 1.54) is 0 Å². The van der Waals surface area contributed by atoms with Crippen LogP contribution in [0.15, 0.2) is 0 Å². The van der Waals surface area contributed by atoms with E-state index in [2.05, 4.69) is 0 Å². The molecule has 7 heteroatoms. The molecule has 0 aliphatic rings. The van der Waals surface area contributed by atoms with Crippen LogP contribution in [0.1, 0.15) is 39.5 Å². The van der Waals surface area contributed by atoms with E-state index in [0.717, 1.165) is 12.8 Å². The van der Waals surface area contributed by atoms with Crippen LogP contribution in [0.5, 0.6) is 0 Å². The van der Waals surface area contributed by atoms with Crippen LogP contribution in [0.3, 0.4) is 0 Å². The molecule has 2 nitrogen and oxygen atoms in total. The Morgan fingerprint density at radius 2 is 1.43 bits per heavy atom. The summed E-state index contributed by atoms with van der Waals surface area (Å²) in [6.07, 6.45) is 2.44. The first-order chi connectivity index (χ1) is 9.84. The van der Waals surface area contributed by atoms with E-state index in [-0.39, 0.29) is 0 Å². The van der Waals surface area contributed by atoms with Crippen LogP contribution in [0.2, 0.25) is 0 Å². The summed E-state index contributed by atoms with van der Waals surface area (Å²) in [5.41, 5.74) is -1.30. The standard InChI is InChI=1S/C14H16F5NO/c1-3-5-6-7(4-2)14(21)20-13-11(18)9(16)8(15)10(17)12(13)19/h7H,3-6H2,1-2H3,(H,20,21)/t7-/m1/s1. The van der Waals surface area contributed by atoms with Crippen molar-refractivity contribution >= 4 is 11.6 Å². The van der Waals surface area contributed by atoms with Crippen LogP contribution < -0.4 is 5.32 Å². The number of rotatable bonds is 6. The van der Waals surface area contributed by atoms with Crippen LogP contribution in [0.25, 0.3) is 0 Å². The molecule has 0 unspecified atom stereocenters. The predicted molar refractivity (Wildman–Crippen MR) is 68.2 cm³/mol. The number of halogens is 5. The number of anilines is 1. The first kappa shape index (κ1) is 17.4. The summed E-state index contributed by atoms with van der Waals surface area (Å²) in [7, 11) is 0. The lowest BCUT2D eigenvalue weighted by molar-refractivity contribution is -0.120. The zero-order valence-electron chi connectivity index (χ0n) is 11.7. The van der Waals surface area contributed by atoms with Gasteiger partial charge in [-0.25, -0.2) is 22.0 Å². The van der Waals surface area contributed by atoms with E-state index < -0.39 is 46.6 Å². The largest absolute Gasteiger partial charge is 0.321 e. The van der Waals surface area contributed by atoms with Crippen molar-refractivity contribution in [2.75, 3.05) is 5.32 Å². The molecule has 0 aliphatic heterocycles. The molecule has 0 heterocycles. The van der Waals surface area contributed by atoms with Gasteiger partial charge in [-0.3, -0.25) is 4.79 Å². The van der Waals surface area contributed by atoms with Gasteiger partial charge >= 0.3 is 0 Å². The van der Waals surface area contributed by atoms with Gasteiger partial charge in [0.15, 0.2) is 23.3 Å². The number of hydrogen-bond donors (Lipinski definition) is 1. The van der Waals surface area contributed by atoms with Crippen LogP contribution >= 0.6 is 0 Å². The average molecular weight is 309 g/mol. The fourth-order valence-electron chi connectivity index (χ4n) is 1.91. The number of carbonyl (C=O) groups is 1. The molecule has 1 amide bonds. The smallest absolute Gasteiger partial charge is 0.227 e. The van der Waals surface area contributed by atoms with Gasteiger partial charge in [0.2, 0.25) is 11.7 Å². The molecule has 21 heavy (non-hydrogen) atoms. The molecule has 0 aromatic heterocycles. The van der Waals surface area contributed by atoms with Gasteiger partial charge in [-0.1, -0.05) is 26.7 Å². The molecule has 1 atom stereocenters. The molecular formula is C14H16F5NO. The highest BCUT2D eigenvalue weighted by Crippen LogP contribution is 2.28. The van der Waals surface area contributed by atoms with Gasteiger partial charge in [0, 0.05) is 5.92 Å². The Bertz CT molecular complexity index is 504. The van der Waals surface area contributed by atoms with Crippen molar-refractivity contribution in [3.8, 4) is 0 Å². The van der Waals surface area contributed by atoms with Gasteiger partial charge in [0.25, 0.3) is 0 Å². The molecule has 1 N–H and O–H groups in total. The van der Waals surface area contributed by atoms with Crippen molar-refractivity contribution in [1.82, 2.24) is 0 Å². The van der Waals surface area contributed by atoms with Crippen LogP contribution in [0.4, 0.5) is 27.6 Å². The molecule has 0 fully saturated rings. The monoisotopic (exact) mass is 309 g/mol. The molecule has 0 saturated heterocycles. The Labute approximate surface area is 119 Å². The van der Waals surface area contributed by atoms with Crippen molar-refractivity contribution in [3.63, 3.8) is 0 Å². The van der Waals surface area contributed by atoms with E-state index in [4.69, 9.17) is 0 Å². The fourth-order valence-corrected chi connectivity index (χ4v) is 1.91.